The summed E-state index contributed by atoms with van der Waals surface area (Å²) in [5, 5.41) is 10.1. The van der Waals surface area contributed by atoms with Gasteiger partial charge in [-0.2, -0.15) is 0 Å². The Hall–Kier alpha value is -1.85. The predicted molar refractivity (Wildman–Crippen MR) is 127 cm³/mol. The van der Waals surface area contributed by atoms with E-state index in [0.717, 1.165) is 42.1 Å². The largest absolute Gasteiger partial charge is 0.508 e. The van der Waals surface area contributed by atoms with E-state index in [1.165, 1.54) is 58.0 Å². The summed E-state index contributed by atoms with van der Waals surface area (Å²) >= 11 is 1.88. The molecule has 168 valence electrons. The van der Waals surface area contributed by atoms with Crippen molar-refractivity contribution in [2.45, 2.75) is 55.1 Å². The van der Waals surface area contributed by atoms with E-state index in [4.69, 9.17) is 9.47 Å². The van der Waals surface area contributed by atoms with Crippen molar-refractivity contribution in [2.24, 2.45) is 5.92 Å². The number of phenolic OH excluding ortho intramolecular Hbond substituents is 1. The summed E-state index contributed by atoms with van der Waals surface area (Å²) in [6.45, 7) is 5.20. The summed E-state index contributed by atoms with van der Waals surface area (Å²) in [4.78, 5) is 3.59. The van der Waals surface area contributed by atoms with E-state index in [1.54, 1.807) is 6.07 Å². The molecule has 2 fully saturated rings. The molecule has 0 spiro atoms. The van der Waals surface area contributed by atoms with Gasteiger partial charge in [-0.3, -0.25) is 4.90 Å². The number of hydrogen-bond donors (Lipinski definition) is 1. The molecule has 0 bridgehead atoms. The van der Waals surface area contributed by atoms with Crippen molar-refractivity contribution in [1.82, 2.24) is 4.90 Å². The standard InChI is InChI=1S/C13H19NO.C13H16O2S/c1-3-7-13(8-4-1)15-12-11-14-9-5-2-6-10-14;14-10-5-6-11-12(7-10)16-13(8-15-11)9-3-1-2-4-9/h1,3-4,7-8H,2,5-6,9-12H2;5-7,9,13-14H,1-4,8H2. The molecule has 5 heteroatoms. The van der Waals surface area contributed by atoms with Gasteiger partial charge in [0.1, 0.15) is 30.5 Å². The van der Waals surface area contributed by atoms with Crippen LogP contribution in [0.15, 0.2) is 53.4 Å². The molecule has 2 heterocycles. The lowest BCUT2D eigenvalue weighted by molar-refractivity contribution is 0.183. The highest BCUT2D eigenvalue weighted by atomic mass is 32.2. The lowest BCUT2D eigenvalue weighted by Gasteiger charge is -2.28. The average molecular weight is 442 g/mol. The number of nitrogens with zero attached hydrogens (tertiary/aromatic N) is 1. The number of piperidine rings is 1. The number of phenols is 1. The van der Waals surface area contributed by atoms with Crippen LogP contribution in [-0.2, 0) is 0 Å². The molecule has 31 heavy (non-hydrogen) atoms. The minimum absolute atomic E-state index is 0.335. The molecule has 0 amide bonds. The Morgan fingerprint density at radius 1 is 0.968 bits per heavy atom. The normalized spacial score (nSPS) is 21.5. The molecule has 0 radical (unpaired) electrons. The fraction of sp³-hybridized carbons (Fsp3) is 0.538. The molecule has 5 rings (SSSR count). The quantitative estimate of drug-likeness (QED) is 0.617. The van der Waals surface area contributed by atoms with E-state index in [1.807, 2.05) is 54.2 Å². The molecule has 3 aliphatic rings. The van der Waals surface area contributed by atoms with Gasteiger partial charge in [0, 0.05) is 11.8 Å². The number of benzene rings is 2. The predicted octanol–water partition coefficient (Wildman–Crippen LogP) is 5.99. The third kappa shape index (κ3) is 6.81. The fourth-order valence-electron chi connectivity index (χ4n) is 4.63. The number of likely N-dealkylation sites (tertiary alicyclic amines) is 1. The molecule has 4 nitrogen and oxygen atoms in total. The van der Waals surface area contributed by atoms with E-state index in [-0.39, 0.29) is 0 Å². The summed E-state index contributed by atoms with van der Waals surface area (Å²) in [6, 6.07) is 15.4. The van der Waals surface area contributed by atoms with Crippen molar-refractivity contribution in [3.05, 3.63) is 48.5 Å². The third-order valence-corrected chi connectivity index (χ3v) is 7.80. The average Bonchev–Trinajstić information content (AvgIpc) is 3.36. The van der Waals surface area contributed by atoms with E-state index >= 15 is 0 Å². The highest BCUT2D eigenvalue weighted by molar-refractivity contribution is 8.00. The van der Waals surface area contributed by atoms with Crippen molar-refractivity contribution in [1.29, 1.82) is 0 Å². The van der Waals surface area contributed by atoms with Gasteiger partial charge in [0.25, 0.3) is 0 Å². The number of fused-ring (bicyclic) bond motifs is 1. The van der Waals surface area contributed by atoms with E-state index < -0.39 is 0 Å². The minimum Gasteiger partial charge on any atom is -0.508 e. The SMILES string of the molecule is Oc1ccc2c(c1)SC(C1CCCC1)CO2.c1ccc(OCCN2CCCCC2)cc1. The van der Waals surface area contributed by atoms with Gasteiger partial charge in [-0.15, -0.1) is 11.8 Å². The Morgan fingerprint density at radius 2 is 1.74 bits per heavy atom. The Bertz CT molecular complexity index is 788. The van der Waals surface area contributed by atoms with Crippen LogP contribution in [0.1, 0.15) is 44.9 Å². The van der Waals surface area contributed by atoms with E-state index in [2.05, 4.69) is 4.90 Å². The maximum atomic E-state index is 9.47. The lowest BCUT2D eigenvalue weighted by Crippen LogP contribution is -2.33. The Morgan fingerprint density at radius 3 is 2.52 bits per heavy atom. The van der Waals surface area contributed by atoms with Crippen LogP contribution in [0.3, 0.4) is 0 Å². The Kier molecular flexibility index (Phi) is 8.42. The van der Waals surface area contributed by atoms with Gasteiger partial charge in [0.15, 0.2) is 0 Å². The Balaban J connectivity index is 0.000000150. The van der Waals surface area contributed by atoms with Crippen molar-refractivity contribution in [3.63, 3.8) is 0 Å². The zero-order valence-corrected chi connectivity index (χ0v) is 19.2. The monoisotopic (exact) mass is 441 g/mol. The van der Waals surface area contributed by atoms with Crippen molar-refractivity contribution in [3.8, 4) is 17.2 Å². The molecule has 2 aromatic carbocycles. The smallest absolute Gasteiger partial charge is 0.133 e. The van der Waals surface area contributed by atoms with Gasteiger partial charge in [-0.25, -0.2) is 0 Å². The van der Waals surface area contributed by atoms with Crippen molar-refractivity contribution < 1.29 is 14.6 Å². The first-order valence-corrected chi connectivity index (χ1v) is 12.7. The maximum Gasteiger partial charge on any atom is 0.133 e. The van der Waals surface area contributed by atoms with Gasteiger partial charge in [0.05, 0.1) is 4.90 Å². The summed E-state index contributed by atoms with van der Waals surface area (Å²) in [6.07, 6.45) is 9.53. The van der Waals surface area contributed by atoms with Crippen molar-refractivity contribution in [2.75, 3.05) is 32.8 Å². The van der Waals surface area contributed by atoms with Crippen LogP contribution in [0.25, 0.3) is 0 Å². The third-order valence-electron chi connectivity index (χ3n) is 6.40. The van der Waals surface area contributed by atoms with Crippen molar-refractivity contribution >= 4 is 11.8 Å². The number of ether oxygens (including phenoxy) is 2. The highest BCUT2D eigenvalue weighted by Crippen LogP contribution is 2.44. The topological polar surface area (TPSA) is 41.9 Å². The van der Waals surface area contributed by atoms with Gasteiger partial charge in [-0.1, -0.05) is 37.5 Å². The molecule has 1 saturated heterocycles. The zero-order valence-electron chi connectivity index (χ0n) is 18.4. The highest BCUT2D eigenvalue weighted by Gasteiger charge is 2.30. The van der Waals surface area contributed by atoms with Crippen LogP contribution in [0.2, 0.25) is 0 Å². The number of aromatic hydroxyl groups is 1. The lowest BCUT2D eigenvalue weighted by atomic mass is 10.0. The molecule has 0 aromatic heterocycles. The molecule has 2 aromatic rings. The van der Waals surface area contributed by atoms with Gasteiger partial charge in [-0.05, 0) is 75.0 Å². The van der Waals surface area contributed by atoms with Crippen LogP contribution in [-0.4, -0.2) is 48.1 Å². The number of thioether (sulfide) groups is 1. The van der Waals surface area contributed by atoms with Crippen LogP contribution in [0.5, 0.6) is 17.2 Å². The van der Waals surface area contributed by atoms with Gasteiger partial charge < -0.3 is 14.6 Å². The van der Waals surface area contributed by atoms with E-state index in [9.17, 15) is 5.11 Å². The molecular weight excluding hydrogens is 406 g/mol. The van der Waals surface area contributed by atoms with Crippen LogP contribution >= 0.6 is 11.8 Å². The molecule has 1 atom stereocenters. The first-order chi connectivity index (χ1) is 15.3. The second-order valence-electron chi connectivity index (χ2n) is 8.71. The molecule has 1 aliphatic carbocycles. The summed E-state index contributed by atoms with van der Waals surface area (Å²) in [7, 11) is 0. The molecule has 1 unspecified atom stereocenters. The first kappa shape index (κ1) is 22.3. The number of hydrogen-bond acceptors (Lipinski definition) is 5. The number of para-hydroxylation sites is 1. The summed E-state index contributed by atoms with van der Waals surface area (Å²) in [5.74, 6) is 3.05. The van der Waals surface area contributed by atoms with Gasteiger partial charge >= 0.3 is 0 Å². The number of rotatable bonds is 5. The second-order valence-corrected chi connectivity index (χ2v) is 9.99. The zero-order chi connectivity index (χ0) is 21.3. The second kappa shape index (κ2) is 11.7. The Labute approximate surface area is 190 Å². The first-order valence-electron chi connectivity index (χ1n) is 11.8. The summed E-state index contributed by atoms with van der Waals surface area (Å²) in [5.41, 5.74) is 0. The van der Waals surface area contributed by atoms with Gasteiger partial charge in [0.2, 0.25) is 0 Å². The molecule has 2 aliphatic heterocycles. The molecular formula is C26H35NO3S. The molecule has 1 saturated carbocycles. The van der Waals surface area contributed by atoms with Crippen LogP contribution in [0, 0.1) is 5.92 Å². The summed E-state index contributed by atoms with van der Waals surface area (Å²) < 4.78 is 11.4. The fourth-order valence-corrected chi connectivity index (χ4v) is 5.99. The van der Waals surface area contributed by atoms with E-state index in [0.29, 0.717) is 11.0 Å². The molecule has 1 N–H and O–H groups in total. The maximum absolute atomic E-state index is 9.47. The minimum atomic E-state index is 0.335. The van der Waals surface area contributed by atoms with Crippen LogP contribution in [0.4, 0.5) is 0 Å². The van der Waals surface area contributed by atoms with Crippen LogP contribution < -0.4 is 9.47 Å².